The average molecular weight is 171 g/mol. The monoisotopic (exact) mass is 171 g/mol. The molecule has 0 aliphatic rings. The van der Waals surface area contributed by atoms with Gasteiger partial charge in [0.25, 0.3) is 0 Å². The Balaban J connectivity index is 4.75. The first-order valence-corrected chi connectivity index (χ1v) is 3.33. The Labute approximate surface area is 70.6 Å². The maximum Gasteiger partial charge on any atom is 0.247 e. The zero-order chi connectivity index (χ0) is 9.94. The Morgan fingerprint density at radius 1 is 1.33 bits per heavy atom. The standard InChI is InChI=1S/C7H13N3O2/c1-4(2)3-7(10,5(8)11)6(9)12/h1,3,10H2,2H3,(H2,8,11)(H2,9,12). The smallest absolute Gasteiger partial charge is 0.247 e. The van der Waals surface area contributed by atoms with Crippen LogP contribution in [0.4, 0.5) is 0 Å². The molecule has 0 saturated heterocycles. The Bertz CT molecular complexity index is 221. The van der Waals surface area contributed by atoms with Gasteiger partial charge in [-0.25, -0.2) is 0 Å². The van der Waals surface area contributed by atoms with Crippen molar-refractivity contribution in [3.8, 4) is 0 Å². The number of hydrogen-bond acceptors (Lipinski definition) is 3. The van der Waals surface area contributed by atoms with Crippen molar-refractivity contribution >= 4 is 11.8 Å². The zero-order valence-corrected chi connectivity index (χ0v) is 6.96. The number of carbonyl (C=O) groups excluding carboxylic acids is 2. The summed E-state index contributed by atoms with van der Waals surface area (Å²) in [4.78, 5) is 21.5. The molecule has 0 unspecified atom stereocenters. The van der Waals surface area contributed by atoms with E-state index < -0.39 is 17.4 Å². The lowest BCUT2D eigenvalue weighted by Crippen LogP contribution is -2.61. The summed E-state index contributed by atoms with van der Waals surface area (Å²) in [7, 11) is 0. The number of rotatable bonds is 4. The van der Waals surface area contributed by atoms with Gasteiger partial charge in [-0.1, -0.05) is 5.57 Å². The lowest BCUT2D eigenvalue weighted by Gasteiger charge is -2.21. The quantitative estimate of drug-likeness (QED) is 0.358. The van der Waals surface area contributed by atoms with Crippen LogP contribution in [-0.4, -0.2) is 17.4 Å². The molecule has 0 heterocycles. The lowest BCUT2D eigenvalue weighted by atomic mass is 9.91. The molecular weight excluding hydrogens is 158 g/mol. The molecule has 0 saturated carbocycles. The second-order valence-corrected chi connectivity index (χ2v) is 2.83. The maximum atomic E-state index is 10.8. The fraction of sp³-hybridized carbons (Fsp3) is 0.429. The highest BCUT2D eigenvalue weighted by Crippen LogP contribution is 2.11. The molecule has 5 nitrogen and oxygen atoms in total. The van der Waals surface area contributed by atoms with Gasteiger partial charge in [0, 0.05) is 6.42 Å². The third-order valence-electron chi connectivity index (χ3n) is 1.46. The number of carbonyl (C=O) groups is 2. The zero-order valence-electron chi connectivity index (χ0n) is 6.96. The number of amides is 2. The summed E-state index contributed by atoms with van der Waals surface area (Å²) in [5.41, 5.74) is 14.0. The van der Waals surface area contributed by atoms with E-state index in [0.717, 1.165) is 0 Å². The fourth-order valence-corrected chi connectivity index (χ4v) is 0.772. The predicted molar refractivity (Wildman–Crippen MR) is 44.7 cm³/mol. The van der Waals surface area contributed by atoms with Gasteiger partial charge in [0.2, 0.25) is 11.8 Å². The first-order valence-electron chi connectivity index (χ1n) is 3.33. The van der Waals surface area contributed by atoms with Gasteiger partial charge in [-0.05, 0) is 6.92 Å². The SMILES string of the molecule is C=C(C)CC(N)(C(N)=O)C(N)=O. The van der Waals surface area contributed by atoms with Gasteiger partial charge >= 0.3 is 0 Å². The molecule has 0 aromatic heterocycles. The van der Waals surface area contributed by atoms with E-state index in [-0.39, 0.29) is 6.42 Å². The molecule has 5 heteroatoms. The topological polar surface area (TPSA) is 112 Å². The Hall–Kier alpha value is -1.36. The molecule has 0 fully saturated rings. The van der Waals surface area contributed by atoms with Crippen LogP contribution in [0.3, 0.4) is 0 Å². The van der Waals surface area contributed by atoms with E-state index in [2.05, 4.69) is 6.58 Å². The highest BCUT2D eigenvalue weighted by molar-refractivity contribution is 6.08. The van der Waals surface area contributed by atoms with Crippen molar-refractivity contribution in [1.29, 1.82) is 0 Å². The summed E-state index contributed by atoms with van der Waals surface area (Å²) < 4.78 is 0. The minimum Gasteiger partial charge on any atom is -0.368 e. The van der Waals surface area contributed by atoms with Gasteiger partial charge in [-0.15, -0.1) is 6.58 Å². The van der Waals surface area contributed by atoms with Crippen LogP contribution in [0.1, 0.15) is 13.3 Å². The molecule has 0 rings (SSSR count). The van der Waals surface area contributed by atoms with Crippen molar-refractivity contribution in [3.05, 3.63) is 12.2 Å². The van der Waals surface area contributed by atoms with E-state index in [1.165, 1.54) is 0 Å². The van der Waals surface area contributed by atoms with E-state index in [9.17, 15) is 9.59 Å². The average Bonchev–Trinajstić information content (AvgIpc) is 1.84. The summed E-state index contributed by atoms with van der Waals surface area (Å²) in [6.45, 7) is 5.14. The molecular formula is C7H13N3O2. The molecule has 0 atom stereocenters. The summed E-state index contributed by atoms with van der Waals surface area (Å²) >= 11 is 0. The summed E-state index contributed by atoms with van der Waals surface area (Å²) in [5.74, 6) is -1.86. The van der Waals surface area contributed by atoms with E-state index in [1.54, 1.807) is 6.92 Å². The van der Waals surface area contributed by atoms with Crippen LogP contribution in [0.5, 0.6) is 0 Å². The molecule has 6 N–H and O–H groups in total. The van der Waals surface area contributed by atoms with Crippen molar-refractivity contribution in [2.24, 2.45) is 17.2 Å². The van der Waals surface area contributed by atoms with Crippen molar-refractivity contribution in [2.45, 2.75) is 18.9 Å². The molecule has 0 radical (unpaired) electrons. The maximum absolute atomic E-state index is 10.8. The largest absolute Gasteiger partial charge is 0.368 e. The Kier molecular flexibility index (Phi) is 2.98. The third kappa shape index (κ3) is 2.06. The molecule has 0 aromatic rings. The second kappa shape index (κ2) is 3.36. The van der Waals surface area contributed by atoms with Crippen LogP contribution in [0.25, 0.3) is 0 Å². The molecule has 12 heavy (non-hydrogen) atoms. The normalized spacial score (nSPS) is 10.8. The van der Waals surface area contributed by atoms with Crippen LogP contribution in [0.2, 0.25) is 0 Å². The Morgan fingerprint density at radius 2 is 1.67 bits per heavy atom. The van der Waals surface area contributed by atoms with Gasteiger partial charge in [0.15, 0.2) is 5.54 Å². The van der Waals surface area contributed by atoms with E-state index in [1.807, 2.05) is 0 Å². The van der Waals surface area contributed by atoms with E-state index >= 15 is 0 Å². The minimum absolute atomic E-state index is 0.0162. The van der Waals surface area contributed by atoms with Crippen molar-refractivity contribution in [3.63, 3.8) is 0 Å². The van der Waals surface area contributed by atoms with E-state index in [4.69, 9.17) is 17.2 Å². The molecule has 0 bridgehead atoms. The second-order valence-electron chi connectivity index (χ2n) is 2.83. The summed E-state index contributed by atoms with van der Waals surface area (Å²) in [6.07, 6.45) is -0.0162. The number of hydrogen-bond donors (Lipinski definition) is 3. The van der Waals surface area contributed by atoms with Crippen LogP contribution in [-0.2, 0) is 9.59 Å². The number of primary amides is 2. The van der Waals surface area contributed by atoms with Crippen molar-refractivity contribution in [1.82, 2.24) is 0 Å². The third-order valence-corrected chi connectivity index (χ3v) is 1.46. The van der Waals surface area contributed by atoms with Gasteiger partial charge in [-0.3, -0.25) is 9.59 Å². The van der Waals surface area contributed by atoms with E-state index in [0.29, 0.717) is 5.57 Å². The lowest BCUT2D eigenvalue weighted by molar-refractivity contribution is -0.133. The van der Waals surface area contributed by atoms with Crippen LogP contribution in [0, 0.1) is 0 Å². The highest BCUT2D eigenvalue weighted by atomic mass is 16.2. The first kappa shape index (κ1) is 10.6. The molecule has 68 valence electrons. The van der Waals surface area contributed by atoms with Gasteiger partial charge in [0.1, 0.15) is 0 Å². The number of nitrogens with two attached hydrogens (primary N) is 3. The predicted octanol–water partition coefficient (Wildman–Crippen LogP) is -1.38. The van der Waals surface area contributed by atoms with Crippen molar-refractivity contribution < 1.29 is 9.59 Å². The Morgan fingerprint density at radius 3 is 1.75 bits per heavy atom. The summed E-state index contributed by atoms with van der Waals surface area (Å²) in [6, 6.07) is 0. The minimum atomic E-state index is -1.80. The molecule has 2 amide bonds. The molecule has 0 aromatic carbocycles. The molecule has 0 spiro atoms. The first-order chi connectivity index (χ1) is 5.30. The van der Waals surface area contributed by atoms with Gasteiger partial charge in [0.05, 0.1) is 0 Å². The summed E-state index contributed by atoms with van der Waals surface area (Å²) in [5, 5.41) is 0. The van der Waals surface area contributed by atoms with Crippen LogP contribution in [0.15, 0.2) is 12.2 Å². The molecule has 0 aliphatic carbocycles. The van der Waals surface area contributed by atoms with Crippen LogP contribution < -0.4 is 17.2 Å². The molecule has 0 aliphatic heterocycles. The highest BCUT2D eigenvalue weighted by Gasteiger charge is 2.38. The van der Waals surface area contributed by atoms with Gasteiger partial charge < -0.3 is 17.2 Å². The fourth-order valence-electron chi connectivity index (χ4n) is 0.772. The van der Waals surface area contributed by atoms with Gasteiger partial charge in [-0.2, -0.15) is 0 Å². The van der Waals surface area contributed by atoms with Crippen molar-refractivity contribution in [2.75, 3.05) is 0 Å². The van der Waals surface area contributed by atoms with Crippen LogP contribution >= 0.6 is 0 Å².